The number of likely N-dealkylation sites (N-methyl/N-ethyl adjacent to an activating group) is 1. The van der Waals surface area contributed by atoms with Crippen LogP contribution in [0, 0.1) is 0 Å². The molecule has 1 saturated heterocycles. The van der Waals surface area contributed by atoms with Crippen LogP contribution in [0.25, 0.3) is 0 Å². The number of thioether (sulfide) groups is 1. The molecule has 1 atom stereocenters. The van der Waals surface area contributed by atoms with Gasteiger partial charge in [-0.2, -0.15) is 11.8 Å². The summed E-state index contributed by atoms with van der Waals surface area (Å²) in [7, 11) is 1.96. The lowest BCUT2D eigenvalue weighted by molar-refractivity contribution is -0.153. The highest BCUT2D eigenvalue weighted by Crippen LogP contribution is 2.33. The number of rotatable bonds is 4. The summed E-state index contributed by atoms with van der Waals surface area (Å²) in [4.78, 5) is 13.6. The summed E-state index contributed by atoms with van der Waals surface area (Å²) >= 11 is 1.86. The van der Waals surface area contributed by atoms with Crippen LogP contribution in [0.1, 0.15) is 33.1 Å². The molecule has 1 aliphatic rings. The Kier molecular flexibility index (Phi) is 4.46. The van der Waals surface area contributed by atoms with Gasteiger partial charge in [0.25, 0.3) is 0 Å². The van der Waals surface area contributed by atoms with Crippen molar-refractivity contribution in [2.45, 2.75) is 44.7 Å². The highest BCUT2D eigenvalue weighted by Gasteiger charge is 2.44. The maximum Gasteiger partial charge on any atom is 0.324 e. The molecule has 3 nitrogen and oxygen atoms in total. The molecular weight excluding hydrogens is 210 g/mol. The average Bonchev–Trinajstić information content (AvgIpc) is 2.27. The van der Waals surface area contributed by atoms with E-state index in [4.69, 9.17) is 0 Å². The number of carboxylic acids is 1. The van der Waals surface area contributed by atoms with Gasteiger partial charge < -0.3 is 5.11 Å². The van der Waals surface area contributed by atoms with Crippen LogP contribution in [0.4, 0.5) is 0 Å². The van der Waals surface area contributed by atoms with E-state index in [0.29, 0.717) is 6.04 Å². The molecule has 0 aliphatic carbocycles. The fourth-order valence-electron chi connectivity index (χ4n) is 2.12. The largest absolute Gasteiger partial charge is 0.480 e. The minimum Gasteiger partial charge on any atom is -0.480 e. The molecule has 0 aromatic heterocycles. The van der Waals surface area contributed by atoms with Crippen LogP contribution in [0.15, 0.2) is 0 Å². The van der Waals surface area contributed by atoms with Crippen LogP contribution in [0.5, 0.6) is 0 Å². The Balaban J connectivity index is 2.84. The van der Waals surface area contributed by atoms with Crippen LogP contribution >= 0.6 is 11.8 Å². The Labute approximate surface area is 96.2 Å². The van der Waals surface area contributed by atoms with Gasteiger partial charge in [0.1, 0.15) is 5.54 Å². The highest BCUT2D eigenvalue weighted by molar-refractivity contribution is 7.99. The average molecular weight is 231 g/mol. The minimum atomic E-state index is -0.648. The maximum atomic E-state index is 11.5. The fourth-order valence-corrected chi connectivity index (χ4v) is 3.29. The first-order valence-corrected chi connectivity index (χ1v) is 6.74. The quantitative estimate of drug-likeness (QED) is 0.804. The zero-order valence-electron chi connectivity index (χ0n) is 9.82. The lowest BCUT2D eigenvalue weighted by atomic mass is 9.89. The van der Waals surface area contributed by atoms with E-state index in [9.17, 15) is 9.90 Å². The third-order valence-corrected chi connectivity index (χ3v) is 4.63. The van der Waals surface area contributed by atoms with Gasteiger partial charge in [-0.25, -0.2) is 0 Å². The zero-order chi connectivity index (χ0) is 11.5. The minimum absolute atomic E-state index is 0.337. The molecule has 0 amide bonds. The van der Waals surface area contributed by atoms with E-state index >= 15 is 0 Å². The molecule has 0 spiro atoms. The molecular formula is C11H21NO2S. The second-order valence-electron chi connectivity index (χ2n) is 4.32. The van der Waals surface area contributed by atoms with Gasteiger partial charge in [0, 0.05) is 6.04 Å². The predicted octanol–water partition coefficient (Wildman–Crippen LogP) is 2.07. The Morgan fingerprint density at radius 1 is 1.53 bits per heavy atom. The van der Waals surface area contributed by atoms with E-state index in [0.717, 1.165) is 30.8 Å². The molecule has 1 unspecified atom stereocenters. The van der Waals surface area contributed by atoms with Crippen molar-refractivity contribution < 1.29 is 9.90 Å². The third-order valence-electron chi connectivity index (χ3n) is 3.65. The van der Waals surface area contributed by atoms with Gasteiger partial charge in [-0.05, 0) is 44.7 Å². The van der Waals surface area contributed by atoms with Crippen LogP contribution in [-0.4, -0.2) is 46.1 Å². The molecule has 0 bridgehead atoms. The van der Waals surface area contributed by atoms with Crippen LogP contribution in [-0.2, 0) is 4.79 Å². The zero-order valence-corrected chi connectivity index (χ0v) is 10.6. The summed E-state index contributed by atoms with van der Waals surface area (Å²) < 4.78 is 0. The standard InChI is InChI=1S/C11H21NO2S/c1-4-9(2)12(3)11(10(13)14)5-7-15-8-6-11/h9H,4-8H2,1-3H3,(H,13,14). The number of aliphatic carboxylic acids is 1. The Morgan fingerprint density at radius 3 is 2.47 bits per heavy atom. The first kappa shape index (κ1) is 12.8. The van der Waals surface area contributed by atoms with Gasteiger partial charge in [0.05, 0.1) is 0 Å². The van der Waals surface area contributed by atoms with Crippen molar-refractivity contribution in [3.63, 3.8) is 0 Å². The monoisotopic (exact) mass is 231 g/mol. The van der Waals surface area contributed by atoms with Crippen molar-refractivity contribution in [3.05, 3.63) is 0 Å². The van der Waals surface area contributed by atoms with E-state index in [1.54, 1.807) is 0 Å². The summed E-state index contributed by atoms with van der Waals surface area (Å²) in [5.41, 5.74) is -0.610. The van der Waals surface area contributed by atoms with Gasteiger partial charge in [0.2, 0.25) is 0 Å². The van der Waals surface area contributed by atoms with E-state index in [1.807, 2.05) is 18.8 Å². The second-order valence-corrected chi connectivity index (χ2v) is 5.54. The molecule has 88 valence electrons. The number of hydrogen-bond acceptors (Lipinski definition) is 3. The first-order valence-electron chi connectivity index (χ1n) is 5.58. The van der Waals surface area contributed by atoms with Crippen molar-refractivity contribution >= 4 is 17.7 Å². The van der Waals surface area contributed by atoms with Gasteiger partial charge in [-0.3, -0.25) is 9.69 Å². The van der Waals surface area contributed by atoms with E-state index in [-0.39, 0.29) is 0 Å². The molecule has 1 aliphatic heterocycles. The van der Waals surface area contributed by atoms with Crippen molar-refractivity contribution in [1.29, 1.82) is 0 Å². The van der Waals surface area contributed by atoms with E-state index in [2.05, 4.69) is 18.7 Å². The normalized spacial score (nSPS) is 22.7. The van der Waals surface area contributed by atoms with Crippen LogP contribution < -0.4 is 0 Å². The van der Waals surface area contributed by atoms with Gasteiger partial charge in [0.15, 0.2) is 0 Å². The summed E-state index contributed by atoms with van der Waals surface area (Å²) in [6.07, 6.45) is 2.54. The molecule has 0 aromatic carbocycles. The first-order chi connectivity index (χ1) is 7.04. The third kappa shape index (κ3) is 2.48. The fraction of sp³-hybridized carbons (Fsp3) is 0.909. The van der Waals surface area contributed by atoms with Crippen molar-refractivity contribution in [2.75, 3.05) is 18.6 Å². The Hall–Kier alpha value is -0.220. The Morgan fingerprint density at radius 2 is 2.07 bits per heavy atom. The topological polar surface area (TPSA) is 40.5 Å². The molecule has 1 heterocycles. The molecule has 15 heavy (non-hydrogen) atoms. The number of carbonyl (C=O) groups is 1. The molecule has 4 heteroatoms. The van der Waals surface area contributed by atoms with Crippen molar-refractivity contribution in [3.8, 4) is 0 Å². The van der Waals surface area contributed by atoms with E-state index < -0.39 is 11.5 Å². The predicted molar refractivity (Wildman–Crippen MR) is 64.4 cm³/mol. The van der Waals surface area contributed by atoms with Gasteiger partial charge >= 0.3 is 5.97 Å². The highest BCUT2D eigenvalue weighted by atomic mass is 32.2. The smallest absolute Gasteiger partial charge is 0.324 e. The van der Waals surface area contributed by atoms with Gasteiger partial charge in [-0.1, -0.05) is 6.92 Å². The summed E-state index contributed by atoms with van der Waals surface area (Å²) in [6, 6.07) is 0.337. The summed E-state index contributed by atoms with van der Waals surface area (Å²) in [6.45, 7) is 4.21. The maximum absolute atomic E-state index is 11.5. The molecule has 1 rings (SSSR count). The van der Waals surface area contributed by atoms with E-state index in [1.165, 1.54) is 0 Å². The lowest BCUT2D eigenvalue weighted by Crippen LogP contribution is -2.57. The number of carboxylic acid groups (broad SMARTS) is 1. The van der Waals surface area contributed by atoms with Crippen LogP contribution in [0.3, 0.4) is 0 Å². The van der Waals surface area contributed by atoms with Crippen molar-refractivity contribution in [2.24, 2.45) is 0 Å². The summed E-state index contributed by atoms with van der Waals surface area (Å²) in [5, 5.41) is 9.45. The van der Waals surface area contributed by atoms with Gasteiger partial charge in [-0.15, -0.1) is 0 Å². The molecule has 1 fully saturated rings. The SMILES string of the molecule is CCC(C)N(C)C1(C(=O)O)CCSCC1. The molecule has 1 N–H and O–H groups in total. The molecule has 0 radical (unpaired) electrons. The second kappa shape index (κ2) is 5.21. The van der Waals surface area contributed by atoms with Crippen LogP contribution in [0.2, 0.25) is 0 Å². The number of nitrogens with zero attached hydrogens (tertiary/aromatic N) is 1. The lowest BCUT2D eigenvalue weighted by Gasteiger charge is -2.43. The molecule has 0 saturated carbocycles. The van der Waals surface area contributed by atoms with Crippen molar-refractivity contribution in [1.82, 2.24) is 4.90 Å². The Bertz CT molecular complexity index is 227. The molecule has 0 aromatic rings. The number of hydrogen-bond donors (Lipinski definition) is 1. The summed E-state index contributed by atoms with van der Waals surface area (Å²) in [5.74, 6) is 1.28.